The van der Waals surface area contributed by atoms with E-state index in [2.05, 4.69) is 10.1 Å². The highest BCUT2D eigenvalue weighted by Gasteiger charge is 2.35. The van der Waals surface area contributed by atoms with Crippen molar-refractivity contribution in [3.8, 4) is 11.6 Å². The van der Waals surface area contributed by atoms with Gasteiger partial charge in [-0.25, -0.2) is 9.80 Å². The fourth-order valence-electron chi connectivity index (χ4n) is 3.48. The molecule has 0 spiro atoms. The number of methoxy groups -OCH3 is 1. The lowest BCUT2D eigenvalue weighted by molar-refractivity contribution is -0.130. The van der Waals surface area contributed by atoms with Crippen molar-refractivity contribution in [1.29, 1.82) is 0 Å². The molecule has 29 heavy (non-hydrogen) atoms. The van der Waals surface area contributed by atoms with Crippen LogP contribution in [0, 0.1) is 0 Å². The summed E-state index contributed by atoms with van der Waals surface area (Å²) < 4.78 is 6.52. The van der Waals surface area contributed by atoms with Gasteiger partial charge in [-0.15, -0.1) is 0 Å². The predicted molar refractivity (Wildman–Crippen MR) is 107 cm³/mol. The molecular weight excluding hydrogens is 376 g/mol. The third kappa shape index (κ3) is 3.80. The first kappa shape index (κ1) is 20.4. The first-order chi connectivity index (χ1) is 13.9. The topological polar surface area (TPSA) is 117 Å². The van der Waals surface area contributed by atoms with E-state index in [-0.39, 0.29) is 30.1 Å². The number of H-pyrrole nitrogens is 1. The lowest BCUT2D eigenvalue weighted by Gasteiger charge is -2.22. The van der Waals surface area contributed by atoms with Crippen LogP contribution in [0.1, 0.15) is 50.3 Å². The number of unbranched alkanes of at least 4 members (excludes halogenated alkanes) is 1. The average molecular weight is 400 g/mol. The zero-order valence-electron chi connectivity index (χ0n) is 16.6. The van der Waals surface area contributed by atoms with Crippen LogP contribution in [0.25, 0.3) is 0 Å². The summed E-state index contributed by atoms with van der Waals surface area (Å²) in [5.74, 6) is -0.160. The van der Waals surface area contributed by atoms with Crippen LogP contribution < -0.4 is 16.0 Å². The van der Waals surface area contributed by atoms with Crippen molar-refractivity contribution >= 4 is 11.6 Å². The van der Waals surface area contributed by atoms with Crippen LogP contribution in [0.3, 0.4) is 0 Å². The first-order valence-electron chi connectivity index (χ1n) is 9.45. The van der Waals surface area contributed by atoms with Gasteiger partial charge in [-0.05, 0) is 12.5 Å². The zero-order valence-corrected chi connectivity index (χ0v) is 16.6. The molecule has 1 aliphatic rings. The largest absolute Gasteiger partial charge is 0.496 e. The molecule has 1 aromatic carbocycles. The standard InChI is InChI=1S/C20H24N4O5/c1-4-5-10-23-19(27)17(18(26)21-20(23)28)14-11-15(24(22-14)12(2)25)13-8-6-7-9-16(13)29-3/h6-9,15,27H,4-5,10-11H2,1-3H3,(H,21,26,28)/t15-/m0/s1. The summed E-state index contributed by atoms with van der Waals surface area (Å²) in [5.41, 5.74) is -0.528. The van der Waals surface area contributed by atoms with Crippen LogP contribution in [-0.2, 0) is 11.3 Å². The number of amides is 1. The Morgan fingerprint density at radius 2 is 2.07 bits per heavy atom. The molecule has 2 aromatic rings. The van der Waals surface area contributed by atoms with Crippen LogP contribution >= 0.6 is 0 Å². The highest BCUT2D eigenvalue weighted by Crippen LogP contribution is 2.37. The van der Waals surface area contributed by atoms with Crippen LogP contribution in [0.4, 0.5) is 0 Å². The minimum absolute atomic E-state index is 0.0932. The quantitative estimate of drug-likeness (QED) is 0.766. The average Bonchev–Trinajstić information content (AvgIpc) is 3.12. The number of hydrazone groups is 1. The second-order valence-electron chi connectivity index (χ2n) is 6.84. The fourth-order valence-corrected chi connectivity index (χ4v) is 3.48. The number of carbonyl (C=O) groups excluding carboxylic acids is 1. The molecule has 0 fully saturated rings. The monoisotopic (exact) mass is 400 g/mol. The van der Waals surface area contributed by atoms with Gasteiger partial charge in [0.1, 0.15) is 11.3 Å². The van der Waals surface area contributed by atoms with E-state index >= 15 is 0 Å². The highest BCUT2D eigenvalue weighted by atomic mass is 16.5. The second kappa shape index (κ2) is 8.34. The van der Waals surface area contributed by atoms with Gasteiger partial charge in [-0.1, -0.05) is 31.5 Å². The Bertz CT molecular complexity index is 1070. The van der Waals surface area contributed by atoms with Gasteiger partial charge in [0, 0.05) is 25.5 Å². The summed E-state index contributed by atoms with van der Waals surface area (Å²) in [5, 5.41) is 16.2. The Hall–Kier alpha value is -3.36. The van der Waals surface area contributed by atoms with Crippen molar-refractivity contribution in [2.24, 2.45) is 5.10 Å². The van der Waals surface area contributed by atoms with Crippen LogP contribution in [0.15, 0.2) is 39.0 Å². The number of aromatic amines is 1. The van der Waals surface area contributed by atoms with Crippen molar-refractivity contribution in [2.45, 2.75) is 45.7 Å². The maximum absolute atomic E-state index is 12.5. The summed E-state index contributed by atoms with van der Waals surface area (Å²) in [4.78, 5) is 39.0. The molecule has 2 heterocycles. The molecule has 1 atom stereocenters. The Morgan fingerprint density at radius 3 is 2.72 bits per heavy atom. The molecule has 0 aliphatic carbocycles. The smallest absolute Gasteiger partial charge is 0.331 e. The summed E-state index contributed by atoms with van der Waals surface area (Å²) >= 11 is 0. The molecule has 0 bridgehead atoms. The van der Waals surface area contributed by atoms with E-state index in [0.717, 1.165) is 16.6 Å². The van der Waals surface area contributed by atoms with Crippen molar-refractivity contribution in [3.05, 3.63) is 56.2 Å². The molecule has 0 unspecified atom stereocenters. The first-order valence-corrected chi connectivity index (χ1v) is 9.45. The summed E-state index contributed by atoms with van der Waals surface area (Å²) in [7, 11) is 1.54. The van der Waals surface area contributed by atoms with E-state index in [1.165, 1.54) is 19.0 Å². The molecule has 154 valence electrons. The molecule has 1 aromatic heterocycles. The number of benzene rings is 1. The highest BCUT2D eigenvalue weighted by molar-refractivity contribution is 6.04. The number of rotatable bonds is 6. The Morgan fingerprint density at radius 1 is 1.34 bits per heavy atom. The van der Waals surface area contributed by atoms with Gasteiger partial charge < -0.3 is 9.84 Å². The molecule has 3 rings (SSSR count). The van der Waals surface area contributed by atoms with E-state index in [1.54, 1.807) is 6.07 Å². The van der Waals surface area contributed by atoms with Crippen LogP contribution in [-0.4, -0.2) is 38.4 Å². The number of nitrogens with zero attached hydrogens (tertiary/aromatic N) is 3. The maximum atomic E-state index is 12.5. The lowest BCUT2D eigenvalue weighted by atomic mass is 9.98. The molecule has 9 heteroatoms. The predicted octanol–water partition coefficient (Wildman–Crippen LogP) is 1.75. The Kier molecular flexibility index (Phi) is 5.86. The Labute approximate surface area is 167 Å². The summed E-state index contributed by atoms with van der Waals surface area (Å²) in [6.45, 7) is 3.60. The van der Waals surface area contributed by atoms with E-state index in [4.69, 9.17) is 4.74 Å². The molecule has 0 saturated carbocycles. The third-order valence-electron chi connectivity index (χ3n) is 4.93. The van der Waals surface area contributed by atoms with Crippen molar-refractivity contribution < 1.29 is 14.6 Å². The Balaban J connectivity index is 2.09. The van der Waals surface area contributed by atoms with E-state index in [0.29, 0.717) is 12.2 Å². The van der Waals surface area contributed by atoms with E-state index in [1.807, 2.05) is 25.1 Å². The van der Waals surface area contributed by atoms with Gasteiger partial charge in [0.25, 0.3) is 5.56 Å². The van der Waals surface area contributed by atoms with Gasteiger partial charge in [-0.2, -0.15) is 5.10 Å². The zero-order chi connectivity index (χ0) is 21.1. The number of hydrogen-bond acceptors (Lipinski definition) is 6. The molecule has 0 radical (unpaired) electrons. The summed E-state index contributed by atoms with van der Waals surface area (Å²) in [6.07, 6.45) is 1.67. The SMILES string of the molecule is CCCCn1c(O)c(C2=NN(C(C)=O)[C@H](c3ccccc3OC)C2)c(=O)[nH]c1=O. The van der Waals surface area contributed by atoms with Crippen molar-refractivity contribution in [2.75, 3.05) is 7.11 Å². The maximum Gasteiger partial charge on any atom is 0.331 e. The van der Waals surface area contributed by atoms with Gasteiger partial charge in [0.2, 0.25) is 11.8 Å². The minimum Gasteiger partial charge on any atom is -0.496 e. The molecule has 1 amide bonds. The van der Waals surface area contributed by atoms with Crippen molar-refractivity contribution in [1.82, 2.24) is 14.6 Å². The molecule has 2 N–H and O–H groups in total. The normalized spacial score (nSPS) is 16.0. The van der Waals surface area contributed by atoms with Crippen molar-refractivity contribution in [3.63, 3.8) is 0 Å². The molecule has 1 aliphatic heterocycles. The van der Waals surface area contributed by atoms with E-state index < -0.39 is 23.2 Å². The number of nitrogens with one attached hydrogen (secondary N) is 1. The number of carbonyl (C=O) groups is 1. The second-order valence-corrected chi connectivity index (χ2v) is 6.84. The minimum atomic E-state index is -0.733. The van der Waals surface area contributed by atoms with Crippen LogP contribution in [0.2, 0.25) is 0 Å². The number of hydrogen-bond donors (Lipinski definition) is 2. The van der Waals surface area contributed by atoms with E-state index in [9.17, 15) is 19.5 Å². The number of para-hydroxylation sites is 1. The van der Waals surface area contributed by atoms with Gasteiger partial charge in [0.15, 0.2) is 0 Å². The summed E-state index contributed by atoms with van der Waals surface area (Å²) in [6, 6.07) is 6.75. The molecular formula is C20H24N4O5. The van der Waals surface area contributed by atoms with Gasteiger partial charge in [-0.3, -0.25) is 19.1 Å². The van der Waals surface area contributed by atoms with Gasteiger partial charge in [0.05, 0.1) is 18.9 Å². The number of aromatic hydroxyl groups is 1. The number of ether oxygens (including phenoxy) is 1. The molecule has 9 nitrogen and oxygen atoms in total. The lowest BCUT2D eigenvalue weighted by Crippen LogP contribution is -2.33. The van der Waals surface area contributed by atoms with Gasteiger partial charge >= 0.3 is 5.69 Å². The third-order valence-corrected chi connectivity index (χ3v) is 4.93. The number of aromatic nitrogens is 2. The fraction of sp³-hybridized carbons (Fsp3) is 0.400. The molecule has 0 saturated heterocycles. The van der Waals surface area contributed by atoms with Crippen LogP contribution in [0.5, 0.6) is 11.6 Å².